The second kappa shape index (κ2) is 7.81. The Hall–Kier alpha value is -0.660. The molecular weight excluding hydrogens is 268 g/mol. The van der Waals surface area contributed by atoms with Gasteiger partial charge in [-0.05, 0) is 18.8 Å². The van der Waals surface area contributed by atoms with E-state index < -0.39 is 16.1 Å². The van der Waals surface area contributed by atoms with E-state index in [0.29, 0.717) is 25.6 Å². The van der Waals surface area contributed by atoms with E-state index in [1.165, 1.54) is 4.31 Å². The Morgan fingerprint density at radius 1 is 1.26 bits per heavy atom. The molecule has 1 amide bonds. The SMILES string of the molecule is CC(C)COCCC(=O)NS(=O)(=O)N1CCCCC1. The number of carbonyl (C=O) groups excluding carboxylic acids is 1. The van der Waals surface area contributed by atoms with Crippen LogP contribution in [-0.4, -0.2) is 44.9 Å². The van der Waals surface area contributed by atoms with Gasteiger partial charge in [0.15, 0.2) is 0 Å². The van der Waals surface area contributed by atoms with Crippen LogP contribution < -0.4 is 4.72 Å². The number of ether oxygens (including phenoxy) is 1. The van der Waals surface area contributed by atoms with E-state index in [4.69, 9.17) is 4.74 Å². The first-order valence-corrected chi connectivity index (χ1v) is 8.24. The Balaban J connectivity index is 2.30. The summed E-state index contributed by atoms with van der Waals surface area (Å²) in [4.78, 5) is 11.5. The molecule has 0 aromatic rings. The van der Waals surface area contributed by atoms with Gasteiger partial charge in [-0.2, -0.15) is 12.7 Å². The van der Waals surface area contributed by atoms with Crippen LogP contribution in [0.5, 0.6) is 0 Å². The predicted octanol–water partition coefficient (Wildman–Crippen LogP) is 0.896. The van der Waals surface area contributed by atoms with E-state index in [1.54, 1.807) is 0 Å². The molecule has 1 saturated heterocycles. The van der Waals surface area contributed by atoms with Gasteiger partial charge in [0, 0.05) is 19.7 Å². The normalized spacial score (nSPS) is 17.6. The molecule has 0 aromatic heterocycles. The second-order valence-electron chi connectivity index (χ2n) is 5.21. The Bertz CT molecular complexity index is 375. The summed E-state index contributed by atoms with van der Waals surface area (Å²) in [6.07, 6.45) is 2.82. The van der Waals surface area contributed by atoms with Crippen molar-refractivity contribution in [2.75, 3.05) is 26.3 Å². The molecule has 1 heterocycles. The average molecular weight is 292 g/mol. The molecule has 6 nitrogen and oxygen atoms in total. The van der Waals surface area contributed by atoms with E-state index in [2.05, 4.69) is 4.72 Å². The summed E-state index contributed by atoms with van der Waals surface area (Å²) in [6, 6.07) is 0. The Kier molecular flexibility index (Phi) is 6.74. The third-order valence-electron chi connectivity index (χ3n) is 2.82. The Morgan fingerprint density at radius 2 is 1.89 bits per heavy atom. The molecule has 0 atom stereocenters. The Labute approximate surface area is 115 Å². The lowest BCUT2D eigenvalue weighted by Gasteiger charge is -2.25. The van der Waals surface area contributed by atoms with E-state index in [1.807, 2.05) is 13.8 Å². The van der Waals surface area contributed by atoms with Crippen molar-refractivity contribution in [3.05, 3.63) is 0 Å². The minimum absolute atomic E-state index is 0.0692. The summed E-state index contributed by atoms with van der Waals surface area (Å²) in [5.74, 6) is -0.102. The fourth-order valence-corrected chi connectivity index (χ4v) is 3.11. The van der Waals surface area contributed by atoms with Gasteiger partial charge in [0.2, 0.25) is 5.91 Å². The second-order valence-corrected chi connectivity index (χ2v) is 6.88. The maximum Gasteiger partial charge on any atom is 0.303 e. The van der Waals surface area contributed by atoms with Crippen molar-refractivity contribution in [2.45, 2.75) is 39.5 Å². The lowest BCUT2D eigenvalue weighted by molar-refractivity contribution is -0.120. The van der Waals surface area contributed by atoms with Crippen LogP contribution in [0.1, 0.15) is 39.5 Å². The van der Waals surface area contributed by atoms with Crippen molar-refractivity contribution in [2.24, 2.45) is 5.92 Å². The molecule has 0 bridgehead atoms. The summed E-state index contributed by atoms with van der Waals surface area (Å²) in [5.41, 5.74) is 0. The van der Waals surface area contributed by atoms with Crippen LogP contribution in [0.15, 0.2) is 0 Å². The van der Waals surface area contributed by atoms with Crippen LogP contribution in [0.4, 0.5) is 0 Å². The summed E-state index contributed by atoms with van der Waals surface area (Å²) >= 11 is 0. The summed E-state index contributed by atoms with van der Waals surface area (Å²) in [7, 11) is -3.66. The van der Waals surface area contributed by atoms with Gasteiger partial charge in [0.1, 0.15) is 0 Å². The van der Waals surface area contributed by atoms with Gasteiger partial charge >= 0.3 is 10.2 Å². The minimum Gasteiger partial charge on any atom is -0.381 e. The highest BCUT2D eigenvalue weighted by Gasteiger charge is 2.25. The van der Waals surface area contributed by atoms with Crippen molar-refractivity contribution in [1.82, 2.24) is 9.03 Å². The quantitative estimate of drug-likeness (QED) is 0.707. The van der Waals surface area contributed by atoms with Gasteiger partial charge in [-0.3, -0.25) is 4.79 Å². The van der Waals surface area contributed by atoms with E-state index in [9.17, 15) is 13.2 Å². The molecule has 0 radical (unpaired) electrons. The number of piperidine rings is 1. The average Bonchev–Trinajstić information content (AvgIpc) is 2.35. The number of nitrogens with one attached hydrogen (secondary N) is 1. The lowest BCUT2D eigenvalue weighted by atomic mass is 10.2. The first-order chi connectivity index (χ1) is 8.92. The van der Waals surface area contributed by atoms with Crippen molar-refractivity contribution in [1.29, 1.82) is 0 Å². The molecule has 1 rings (SSSR count). The largest absolute Gasteiger partial charge is 0.381 e. The smallest absolute Gasteiger partial charge is 0.303 e. The number of nitrogens with zero attached hydrogens (tertiary/aromatic N) is 1. The van der Waals surface area contributed by atoms with Crippen LogP contribution in [-0.2, 0) is 19.7 Å². The highest BCUT2D eigenvalue weighted by molar-refractivity contribution is 7.87. The van der Waals surface area contributed by atoms with Gasteiger partial charge in [-0.25, -0.2) is 4.72 Å². The monoisotopic (exact) mass is 292 g/mol. The van der Waals surface area contributed by atoms with Crippen LogP contribution in [0.2, 0.25) is 0 Å². The fourth-order valence-electron chi connectivity index (χ4n) is 1.85. The van der Waals surface area contributed by atoms with Gasteiger partial charge in [0.05, 0.1) is 13.0 Å². The maximum atomic E-state index is 11.9. The minimum atomic E-state index is -3.66. The third kappa shape index (κ3) is 6.35. The molecule has 0 unspecified atom stereocenters. The van der Waals surface area contributed by atoms with E-state index >= 15 is 0 Å². The molecule has 1 N–H and O–H groups in total. The number of hydrogen-bond acceptors (Lipinski definition) is 4. The summed E-state index contributed by atoms with van der Waals surface area (Å²) in [5, 5.41) is 0. The number of carbonyl (C=O) groups is 1. The molecule has 0 spiro atoms. The van der Waals surface area contributed by atoms with Crippen molar-refractivity contribution in [3.8, 4) is 0 Å². The standard InChI is InChI=1S/C12H24N2O4S/c1-11(2)10-18-9-6-12(15)13-19(16,17)14-7-4-3-5-8-14/h11H,3-10H2,1-2H3,(H,13,15). The molecule has 1 aliphatic rings. The van der Waals surface area contributed by atoms with Crippen LogP contribution in [0, 0.1) is 5.92 Å². The van der Waals surface area contributed by atoms with Crippen LogP contribution in [0.25, 0.3) is 0 Å². The zero-order chi connectivity index (χ0) is 14.3. The summed E-state index contributed by atoms with van der Waals surface area (Å²) < 4.78 is 32.5. The summed E-state index contributed by atoms with van der Waals surface area (Å²) in [6.45, 7) is 5.84. The zero-order valence-electron chi connectivity index (χ0n) is 11.7. The Morgan fingerprint density at radius 3 is 2.47 bits per heavy atom. The van der Waals surface area contributed by atoms with Crippen molar-refractivity contribution >= 4 is 16.1 Å². The first-order valence-electron chi connectivity index (χ1n) is 6.80. The van der Waals surface area contributed by atoms with E-state index in [0.717, 1.165) is 19.3 Å². The fraction of sp³-hybridized carbons (Fsp3) is 0.917. The van der Waals surface area contributed by atoms with Crippen molar-refractivity contribution < 1.29 is 17.9 Å². The van der Waals surface area contributed by atoms with Crippen LogP contribution in [0.3, 0.4) is 0 Å². The first kappa shape index (κ1) is 16.4. The van der Waals surface area contributed by atoms with Gasteiger partial charge < -0.3 is 4.74 Å². The number of rotatable bonds is 7. The van der Waals surface area contributed by atoms with Gasteiger partial charge in [0.25, 0.3) is 0 Å². The van der Waals surface area contributed by atoms with Crippen LogP contribution >= 0.6 is 0 Å². The number of hydrogen-bond donors (Lipinski definition) is 1. The molecular formula is C12H24N2O4S. The predicted molar refractivity (Wildman–Crippen MR) is 72.8 cm³/mol. The van der Waals surface area contributed by atoms with E-state index in [-0.39, 0.29) is 13.0 Å². The maximum absolute atomic E-state index is 11.9. The molecule has 7 heteroatoms. The topological polar surface area (TPSA) is 75.7 Å². The van der Waals surface area contributed by atoms with Gasteiger partial charge in [-0.15, -0.1) is 0 Å². The lowest BCUT2D eigenvalue weighted by Crippen LogP contribution is -2.45. The van der Waals surface area contributed by atoms with Gasteiger partial charge in [-0.1, -0.05) is 20.3 Å². The van der Waals surface area contributed by atoms with Crippen molar-refractivity contribution in [3.63, 3.8) is 0 Å². The number of amides is 1. The highest BCUT2D eigenvalue weighted by Crippen LogP contribution is 2.11. The molecule has 19 heavy (non-hydrogen) atoms. The molecule has 0 aromatic carbocycles. The molecule has 1 fully saturated rings. The third-order valence-corrected chi connectivity index (χ3v) is 4.35. The molecule has 0 aliphatic carbocycles. The zero-order valence-corrected chi connectivity index (χ0v) is 12.5. The highest BCUT2D eigenvalue weighted by atomic mass is 32.2. The molecule has 112 valence electrons. The molecule has 0 saturated carbocycles. The molecule has 1 aliphatic heterocycles.